The van der Waals surface area contributed by atoms with Gasteiger partial charge in [-0.3, -0.25) is 4.40 Å². The molecule has 104 valence electrons. The van der Waals surface area contributed by atoms with Crippen LogP contribution in [0.25, 0.3) is 5.52 Å². The van der Waals surface area contributed by atoms with Crippen molar-refractivity contribution in [2.45, 2.75) is 52.1 Å². The van der Waals surface area contributed by atoms with E-state index in [1.54, 1.807) is 6.20 Å². The van der Waals surface area contributed by atoms with E-state index in [1.165, 1.54) is 0 Å². The van der Waals surface area contributed by atoms with Crippen LogP contribution in [0.4, 0.5) is 5.82 Å². The molecular formula is C14H22N4O. The number of nitrogens with zero attached hydrogens (tertiary/aromatic N) is 3. The third kappa shape index (κ3) is 2.30. The van der Waals surface area contributed by atoms with Crippen LogP contribution in [0.2, 0.25) is 0 Å². The minimum absolute atomic E-state index is 0.313. The molecule has 0 radical (unpaired) electrons. The number of aryl methyl sites for hydroxylation is 1. The molecule has 0 saturated heterocycles. The summed E-state index contributed by atoms with van der Waals surface area (Å²) >= 11 is 0. The molecular weight excluding hydrogens is 240 g/mol. The van der Waals surface area contributed by atoms with Gasteiger partial charge in [-0.15, -0.1) is 0 Å². The van der Waals surface area contributed by atoms with Gasteiger partial charge in [0.15, 0.2) is 0 Å². The first-order chi connectivity index (χ1) is 8.98. The third-order valence-electron chi connectivity index (χ3n) is 3.52. The third-order valence-corrected chi connectivity index (χ3v) is 3.52. The fourth-order valence-electron chi connectivity index (χ4n) is 2.74. The smallest absolute Gasteiger partial charge is 0.149 e. The van der Waals surface area contributed by atoms with E-state index in [1.807, 2.05) is 38.3 Å². The molecule has 3 N–H and O–H groups in total. The van der Waals surface area contributed by atoms with E-state index in [0.717, 1.165) is 29.9 Å². The minimum Gasteiger partial charge on any atom is -0.390 e. The maximum Gasteiger partial charge on any atom is 0.149 e. The summed E-state index contributed by atoms with van der Waals surface area (Å²) < 4.78 is 2.00. The molecule has 0 aliphatic heterocycles. The number of rotatable bonds is 1. The van der Waals surface area contributed by atoms with Crippen molar-refractivity contribution >= 4 is 11.3 Å². The highest BCUT2D eigenvalue weighted by molar-refractivity contribution is 5.68. The van der Waals surface area contributed by atoms with Crippen molar-refractivity contribution in [3.05, 3.63) is 23.9 Å². The van der Waals surface area contributed by atoms with Gasteiger partial charge in [0.2, 0.25) is 0 Å². The zero-order chi connectivity index (χ0) is 14.2. The predicted octanol–water partition coefficient (Wildman–Crippen LogP) is 2.27. The molecule has 5 nitrogen and oxygen atoms in total. The maximum atomic E-state index is 9.80. The van der Waals surface area contributed by atoms with Crippen molar-refractivity contribution < 1.29 is 5.11 Å². The lowest BCUT2D eigenvalue weighted by atomic mass is 9.72. The highest BCUT2D eigenvalue weighted by Gasteiger charge is 2.41. The minimum atomic E-state index is -0.539. The van der Waals surface area contributed by atoms with Crippen LogP contribution in [0.15, 0.2) is 12.4 Å². The van der Waals surface area contributed by atoms with Gasteiger partial charge in [0, 0.05) is 18.3 Å². The van der Waals surface area contributed by atoms with Crippen LogP contribution in [0.5, 0.6) is 0 Å². The molecule has 3 rings (SSSR count). The highest BCUT2D eigenvalue weighted by atomic mass is 16.3. The van der Waals surface area contributed by atoms with Crippen molar-refractivity contribution in [2.24, 2.45) is 0 Å². The van der Waals surface area contributed by atoms with Crippen LogP contribution < -0.4 is 5.73 Å². The summed E-state index contributed by atoms with van der Waals surface area (Å²) in [5, 5.41) is 9.80. The Morgan fingerprint density at radius 3 is 2.63 bits per heavy atom. The van der Waals surface area contributed by atoms with Crippen LogP contribution >= 0.6 is 0 Å². The standard InChI is InChI=1S/C12H16N4O.C2H6/c1-7-9-10(13)14-3-4-16(9)11(15-7)8-5-12(2,17)6-8;1-2/h3-4,8,17H,5-6H2,1-2H3,(H2,13,14);1-2H3. The van der Waals surface area contributed by atoms with Gasteiger partial charge in [0.05, 0.1) is 11.3 Å². The first-order valence-corrected chi connectivity index (χ1v) is 6.79. The molecule has 2 aromatic rings. The van der Waals surface area contributed by atoms with Crippen molar-refractivity contribution in [1.82, 2.24) is 14.4 Å². The van der Waals surface area contributed by atoms with Crippen LogP contribution in [-0.4, -0.2) is 25.1 Å². The van der Waals surface area contributed by atoms with E-state index >= 15 is 0 Å². The van der Waals surface area contributed by atoms with Crippen LogP contribution in [0.1, 0.15) is 51.0 Å². The second kappa shape index (κ2) is 4.81. The lowest BCUT2D eigenvalue weighted by molar-refractivity contribution is -0.0335. The molecule has 0 bridgehead atoms. The van der Waals surface area contributed by atoms with E-state index in [4.69, 9.17) is 5.73 Å². The second-order valence-corrected chi connectivity index (χ2v) is 5.19. The van der Waals surface area contributed by atoms with Gasteiger partial charge in [-0.1, -0.05) is 13.8 Å². The molecule has 0 spiro atoms. The summed E-state index contributed by atoms with van der Waals surface area (Å²) in [7, 11) is 0. The number of imidazole rings is 1. The number of fused-ring (bicyclic) bond motifs is 1. The fourth-order valence-corrected chi connectivity index (χ4v) is 2.74. The van der Waals surface area contributed by atoms with Gasteiger partial charge >= 0.3 is 0 Å². The zero-order valence-electron chi connectivity index (χ0n) is 12.0. The summed E-state index contributed by atoms with van der Waals surface area (Å²) in [6.07, 6.45) is 5.08. The van der Waals surface area contributed by atoms with E-state index in [9.17, 15) is 5.11 Å². The van der Waals surface area contributed by atoms with E-state index in [-0.39, 0.29) is 0 Å². The van der Waals surface area contributed by atoms with Crippen molar-refractivity contribution in [1.29, 1.82) is 0 Å². The summed E-state index contributed by atoms with van der Waals surface area (Å²) in [4.78, 5) is 8.65. The number of nitrogens with two attached hydrogens (primary N) is 1. The van der Waals surface area contributed by atoms with Crippen molar-refractivity contribution in [3.63, 3.8) is 0 Å². The molecule has 0 aromatic carbocycles. The Morgan fingerprint density at radius 2 is 2.05 bits per heavy atom. The van der Waals surface area contributed by atoms with Gasteiger partial charge in [-0.25, -0.2) is 9.97 Å². The van der Waals surface area contributed by atoms with Gasteiger partial charge in [-0.2, -0.15) is 0 Å². The molecule has 0 amide bonds. The molecule has 0 unspecified atom stereocenters. The van der Waals surface area contributed by atoms with E-state index < -0.39 is 5.60 Å². The van der Waals surface area contributed by atoms with Gasteiger partial charge < -0.3 is 10.8 Å². The second-order valence-electron chi connectivity index (χ2n) is 5.19. The molecule has 1 aliphatic rings. The summed E-state index contributed by atoms with van der Waals surface area (Å²) in [6.45, 7) is 7.80. The Morgan fingerprint density at radius 1 is 1.42 bits per heavy atom. The number of hydrogen-bond donors (Lipinski definition) is 2. The van der Waals surface area contributed by atoms with Crippen LogP contribution in [0.3, 0.4) is 0 Å². The molecule has 5 heteroatoms. The summed E-state index contributed by atoms with van der Waals surface area (Å²) in [5.74, 6) is 1.81. The average molecular weight is 262 g/mol. The summed E-state index contributed by atoms with van der Waals surface area (Å²) in [5.41, 5.74) is 7.11. The number of hydrogen-bond acceptors (Lipinski definition) is 4. The Balaban J connectivity index is 0.000000637. The molecule has 0 atom stereocenters. The summed E-state index contributed by atoms with van der Waals surface area (Å²) in [6, 6.07) is 0. The van der Waals surface area contributed by atoms with E-state index in [2.05, 4.69) is 9.97 Å². The topological polar surface area (TPSA) is 76.4 Å². The number of anilines is 1. The molecule has 19 heavy (non-hydrogen) atoms. The number of nitrogen functional groups attached to an aromatic ring is 1. The molecule has 1 saturated carbocycles. The predicted molar refractivity (Wildman–Crippen MR) is 76.1 cm³/mol. The Labute approximate surface area is 113 Å². The van der Waals surface area contributed by atoms with Crippen molar-refractivity contribution in [3.8, 4) is 0 Å². The molecule has 1 aliphatic carbocycles. The first-order valence-electron chi connectivity index (χ1n) is 6.79. The zero-order valence-corrected chi connectivity index (χ0v) is 12.0. The molecule has 2 heterocycles. The van der Waals surface area contributed by atoms with Gasteiger partial charge in [0.25, 0.3) is 0 Å². The van der Waals surface area contributed by atoms with Gasteiger partial charge in [0.1, 0.15) is 17.2 Å². The van der Waals surface area contributed by atoms with Crippen LogP contribution in [0, 0.1) is 6.92 Å². The highest BCUT2D eigenvalue weighted by Crippen LogP contribution is 2.44. The molecule has 1 fully saturated rings. The first kappa shape index (κ1) is 13.8. The van der Waals surface area contributed by atoms with Crippen LogP contribution in [-0.2, 0) is 0 Å². The normalized spacial score (nSPS) is 25.6. The quantitative estimate of drug-likeness (QED) is 0.826. The molecule has 2 aromatic heterocycles. The largest absolute Gasteiger partial charge is 0.390 e. The maximum absolute atomic E-state index is 9.80. The Bertz CT molecular complexity index is 580. The van der Waals surface area contributed by atoms with Gasteiger partial charge in [-0.05, 0) is 26.7 Å². The lowest BCUT2D eigenvalue weighted by Crippen LogP contribution is -2.40. The lowest BCUT2D eigenvalue weighted by Gasteiger charge is -2.40. The number of aliphatic hydroxyl groups is 1. The average Bonchev–Trinajstić information content (AvgIpc) is 2.67. The Hall–Kier alpha value is -1.62. The SMILES string of the molecule is CC.Cc1nc(C2CC(C)(O)C2)n2ccnc(N)c12. The monoisotopic (exact) mass is 262 g/mol. The van der Waals surface area contributed by atoms with Crippen molar-refractivity contribution in [2.75, 3.05) is 5.73 Å². The Kier molecular flexibility index (Phi) is 3.49. The number of aromatic nitrogens is 3. The van der Waals surface area contributed by atoms with E-state index in [0.29, 0.717) is 11.7 Å². The fraction of sp³-hybridized carbons (Fsp3) is 0.571.